The van der Waals surface area contributed by atoms with Crippen LogP contribution < -0.4 is 10.2 Å². The molecular weight excluding hydrogens is 394 g/mol. The van der Waals surface area contributed by atoms with E-state index in [1.807, 2.05) is 54.6 Å². The molecule has 0 bridgehead atoms. The molecule has 2 heterocycles. The number of para-hydroxylation sites is 1. The van der Waals surface area contributed by atoms with Crippen molar-refractivity contribution in [2.24, 2.45) is 5.92 Å². The Morgan fingerprint density at radius 2 is 2.00 bits per heavy atom. The summed E-state index contributed by atoms with van der Waals surface area (Å²) >= 11 is 3.43. The van der Waals surface area contributed by atoms with Crippen molar-refractivity contribution >= 4 is 44.3 Å². The highest BCUT2D eigenvalue weighted by atomic mass is 79.9. The van der Waals surface area contributed by atoms with Crippen LogP contribution in [0.5, 0.6) is 0 Å². The van der Waals surface area contributed by atoms with Gasteiger partial charge >= 0.3 is 0 Å². The number of hydrogen-bond acceptors (Lipinski definition) is 2. The predicted molar refractivity (Wildman–Crippen MR) is 105 cm³/mol. The number of halogens is 1. The highest BCUT2D eigenvalue weighted by molar-refractivity contribution is 9.10. The smallest absolute Gasteiger partial charge is 0.267 e. The maximum absolute atomic E-state index is 12.4. The second-order valence-electron chi connectivity index (χ2n) is 6.53. The van der Waals surface area contributed by atoms with E-state index < -0.39 is 0 Å². The first-order chi connectivity index (χ1) is 12.6. The average Bonchev–Trinajstić information content (AvgIpc) is 3.23. The van der Waals surface area contributed by atoms with Gasteiger partial charge in [-0.1, -0.05) is 34.1 Å². The van der Waals surface area contributed by atoms with Gasteiger partial charge in [-0.2, -0.15) is 0 Å². The van der Waals surface area contributed by atoms with Crippen molar-refractivity contribution in [3.63, 3.8) is 0 Å². The SMILES string of the molecule is O=C(NCC1CC(=O)N(c2ccccc2)C1)c1cc2cc(Br)ccc2[nH]1. The number of fused-ring (bicyclic) bond motifs is 1. The molecule has 0 radical (unpaired) electrons. The third kappa shape index (κ3) is 3.37. The van der Waals surface area contributed by atoms with Crippen LogP contribution in [-0.2, 0) is 4.79 Å². The first-order valence-electron chi connectivity index (χ1n) is 8.52. The number of amides is 2. The van der Waals surface area contributed by atoms with Gasteiger partial charge in [0.1, 0.15) is 5.69 Å². The lowest BCUT2D eigenvalue weighted by Gasteiger charge is -2.16. The van der Waals surface area contributed by atoms with E-state index in [1.54, 1.807) is 4.90 Å². The molecule has 1 aliphatic heterocycles. The van der Waals surface area contributed by atoms with Crippen molar-refractivity contribution in [3.8, 4) is 0 Å². The van der Waals surface area contributed by atoms with Crippen LogP contribution in [0.2, 0.25) is 0 Å². The molecular formula is C20H18BrN3O2. The van der Waals surface area contributed by atoms with Gasteiger partial charge in [0.05, 0.1) is 0 Å². The van der Waals surface area contributed by atoms with E-state index in [9.17, 15) is 9.59 Å². The quantitative estimate of drug-likeness (QED) is 0.686. The fourth-order valence-corrected chi connectivity index (χ4v) is 3.71. The number of hydrogen-bond donors (Lipinski definition) is 2. The fraction of sp³-hybridized carbons (Fsp3) is 0.200. The van der Waals surface area contributed by atoms with Gasteiger partial charge in [0, 0.05) is 46.5 Å². The molecule has 6 heteroatoms. The number of carbonyl (C=O) groups is 2. The summed E-state index contributed by atoms with van der Waals surface area (Å²) in [6, 6.07) is 17.3. The van der Waals surface area contributed by atoms with Crippen molar-refractivity contribution in [2.75, 3.05) is 18.0 Å². The molecule has 1 unspecified atom stereocenters. The Morgan fingerprint density at radius 3 is 2.81 bits per heavy atom. The van der Waals surface area contributed by atoms with Crippen LogP contribution in [0.15, 0.2) is 59.1 Å². The van der Waals surface area contributed by atoms with E-state index in [0.29, 0.717) is 25.2 Å². The minimum Gasteiger partial charge on any atom is -0.351 e. The Balaban J connectivity index is 1.39. The predicted octanol–water partition coefficient (Wildman–Crippen LogP) is 3.71. The van der Waals surface area contributed by atoms with E-state index in [2.05, 4.69) is 26.2 Å². The summed E-state index contributed by atoms with van der Waals surface area (Å²) in [5.74, 6) is 0.0685. The average molecular weight is 412 g/mol. The Kier molecular flexibility index (Phi) is 4.51. The molecule has 5 nitrogen and oxygen atoms in total. The van der Waals surface area contributed by atoms with Gasteiger partial charge in [-0.25, -0.2) is 0 Å². The molecule has 132 valence electrons. The first-order valence-corrected chi connectivity index (χ1v) is 9.31. The number of nitrogens with zero attached hydrogens (tertiary/aromatic N) is 1. The lowest BCUT2D eigenvalue weighted by Crippen LogP contribution is -2.31. The summed E-state index contributed by atoms with van der Waals surface area (Å²) in [6.45, 7) is 1.11. The maximum atomic E-state index is 12.4. The van der Waals surface area contributed by atoms with Crippen molar-refractivity contribution in [1.82, 2.24) is 10.3 Å². The topological polar surface area (TPSA) is 65.2 Å². The molecule has 1 atom stereocenters. The molecule has 1 aliphatic rings. The van der Waals surface area contributed by atoms with Crippen molar-refractivity contribution in [2.45, 2.75) is 6.42 Å². The highest BCUT2D eigenvalue weighted by Gasteiger charge is 2.30. The lowest BCUT2D eigenvalue weighted by molar-refractivity contribution is -0.117. The van der Waals surface area contributed by atoms with Crippen molar-refractivity contribution in [3.05, 3.63) is 64.8 Å². The van der Waals surface area contributed by atoms with Crippen LogP contribution in [0.1, 0.15) is 16.9 Å². The second-order valence-corrected chi connectivity index (χ2v) is 7.45. The molecule has 26 heavy (non-hydrogen) atoms. The third-order valence-corrected chi connectivity index (χ3v) is 5.14. The minimum absolute atomic E-state index is 0.103. The standard InChI is InChI=1S/C20H18BrN3O2/c21-15-6-7-17-14(9-15)10-18(23-17)20(26)22-11-13-8-19(25)24(12-13)16-4-2-1-3-5-16/h1-7,9-10,13,23H,8,11-12H2,(H,22,26). The Hall–Kier alpha value is -2.60. The van der Waals surface area contributed by atoms with E-state index in [1.165, 1.54) is 0 Å². The van der Waals surface area contributed by atoms with Crippen LogP contribution in [0.3, 0.4) is 0 Å². The van der Waals surface area contributed by atoms with Crippen LogP contribution in [-0.4, -0.2) is 29.9 Å². The number of aromatic amines is 1. The number of anilines is 1. The molecule has 3 aromatic rings. The largest absolute Gasteiger partial charge is 0.351 e. The van der Waals surface area contributed by atoms with Gasteiger partial charge in [0.25, 0.3) is 5.91 Å². The Labute approximate surface area is 159 Å². The van der Waals surface area contributed by atoms with Gasteiger partial charge in [-0.3, -0.25) is 9.59 Å². The van der Waals surface area contributed by atoms with Crippen molar-refractivity contribution in [1.29, 1.82) is 0 Å². The summed E-state index contributed by atoms with van der Waals surface area (Å²) in [5.41, 5.74) is 2.36. The summed E-state index contributed by atoms with van der Waals surface area (Å²) in [5, 5.41) is 3.93. The Morgan fingerprint density at radius 1 is 1.19 bits per heavy atom. The normalized spacial score (nSPS) is 17.0. The maximum Gasteiger partial charge on any atom is 0.267 e. The van der Waals surface area contributed by atoms with Crippen LogP contribution >= 0.6 is 15.9 Å². The molecule has 0 aliphatic carbocycles. The fourth-order valence-electron chi connectivity index (χ4n) is 3.33. The number of benzene rings is 2. The minimum atomic E-state index is -0.150. The monoisotopic (exact) mass is 411 g/mol. The number of rotatable bonds is 4. The van der Waals surface area contributed by atoms with E-state index in [0.717, 1.165) is 21.1 Å². The number of nitrogens with one attached hydrogen (secondary N) is 2. The van der Waals surface area contributed by atoms with Crippen LogP contribution in [0, 0.1) is 5.92 Å². The second kappa shape index (κ2) is 6.96. The van der Waals surface area contributed by atoms with Gasteiger partial charge in [-0.05, 0) is 36.4 Å². The summed E-state index contributed by atoms with van der Waals surface area (Å²) < 4.78 is 0.974. The summed E-state index contributed by atoms with van der Waals surface area (Å²) in [6.07, 6.45) is 0.453. The Bertz CT molecular complexity index is 968. The molecule has 0 saturated carbocycles. The van der Waals surface area contributed by atoms with Crippen LogP contribution in [0.4, 0.5) is 5.69 Å². The number of H-pyrrole nitrogens is 1. The van der Waals surface area contributed by atoms with Crippen LogP contribution in [0.25, 0.3) is 10.9 Å². The zero-order chi connectivity index (χ0) is 18.1. The lowest BCUT2D eigenvalue weighted by atomic mass is 10.1. The number of carbonyl (C=O) groups excluding carboxylic acids is 2. The molecule has 2 amide bonds. The molecule has 2 N–H and O–H groups in total. The molecule has 1 fully saturated rings. The zero-order valence-electron chi connectivity index (χ0n) is 14.0. The molecule has 4 rings (SSSR count). The van der Waals surface area contributed by atoms with Crippen molar-refractivity contribution < 1.29 is 9.59 Å². The highest BCUT2D eigenvalue weighted by Crippen LogP contribution is 2.24. The van der Waals surface area contributed by atoms with E-state index >= 15 is 0 Å². The molecule has 1 aromatic heterocycles. The van der Waals surface area contributed by atoms with Gasteiger partial charge in [-0.15, -0.1) is 0 Å². The molecule has 0 spiro atoms. The van der Waals surface area contributed by atoms with E-state index in [-0.39, 0.29) is 17.7 Å². The van der Waals surface area contributed by atoms with Gasteiger partial charge < -0.3 is 15.2 Å². The van der Waals surface area contributed by atoms with E-state index in [4.69, 9.17) is 0 Å². The third-order valence-electron chi connectivity index (χ3n) is 4.65. The zero-order valence-corrected chi connectivity index (χ0v) is 15.6. The first kappa shape index (κ1) is 16.8. The molecule has 1 saturated heterocycles. The number of aromatic nitrogens is 1. The summed E-state index contributed by atoms with van der Waals surface area (Å²) in [4.78, 5) is 29.6. The van der Waals surface area contributed by atoms with Gasteiger partial charge in [0.2, 0.25) is 5.91 Å². The van der Waals surface area contributed by atoms with Gasteiger partial charge in [0.15, 0.2) is 0 Å². The molecule has 2 aromatic carbocycles. The summed E-state index contributed by atoms with van der Waals surface area (Å²) in [7, 11) is 0.